The van der Waals surface area contributed by atoms with Crippen LogP contribution in [0.15, 0.2) is 29.0 Å². The van der Waals surface area contributed by atoms with Gasteiger partial charge in [0.15, 0.2) is 0 Å². The Hall–Kier alpha value is -1.29. The average Bonchev–Trinajstić information content (AvgIpc) is 2.73. The molecule has 0 aliphatic rings. The van der Waals surface area contributed by atoms with Gasteiger partial charge in [-0.1, -0.05) is 22.9 Å². The van der Waals surface area contributed by atoms with E-state index >= 15 is 0 Å². The largest absolute Gasteiger partial charge is 0.379 e. The molecule has 0 saturated heterocycles. The van der Waals surface area contributed by atoms with E-state index in [9.17, 15) is 0 Å². The molecule has 0 amide bonds. The Morgan fingerprint density at radius 1 is 1.41 bits per heavy atom. The molecule has 0 aliphatic heterocycles. The Morgan fingerprint density at radius 3 is 2.88 bits per heavy atom. The third-order valence-corrected chi connectivity index (χ3v) is 3.32. The fourth-order valence-electron chi connectivity index (χ4n) is 1.77. The maximum Gasteiger partial charge on any atom is 0.0925 e. The lowest BCUT2D eigenvalue weighted by molar-refractivity contribution is 1.03. The minimum Gasteiger partial charge on any atom is -0.379 e. The van der Waals surface area contributed by atoms with Gasteiger partial charge in [-0.3, -0.25) is 0 Å². The van der Waals surface area contributed by atoms with Crippen molar-refractivity contribution in [3.8, 4) is 0 Å². The molecular weight excluding hydrogens is 278 g/mol. The first-order chi connectivity index (χ1) is 8.20. The third kappa shape index (κ3) is 2.88. The number of rotatable bonds is 4. The molecule has 1 aromatic heterocycles. The van der Waals surface area contributed by atoms with Crippen LogP contribution < -0.4 is 5.32 Å². The topological polar surface area (TPSA) is 40.7 Å². The second-order valence-electron chi connectivity index (χ2n) is 3.98. The van der Waals surface area contributed by atoms with Gasteiger partial charge in [0.1, 0.15) is 0 Å². The number of aromatic amines is 1. The first-order valence-corrected chi connectivity index (χ1v) is 6.51. The molecule has 2 N–H and O–H groups in total. The number of nitrogens with zero attached hydrogens (tertiary/aromatic N) is 1. The van der Waals surface area contributed by atoms with E-state index < -0.39 is 0 Å². The van der Waals surface area contributed by atoms with Crippen LogP contribution >= 0.6 is 15.9 Å². The normalized spacial score (nSPS) is 10.5. The zero-order chi connectivity index (χ0) is 12.3. The first kappa shape index (κ1) is 12.2. The highest BCUT2D eigenvalue weighted by Gasteiger charge is 2.04. The summed E-state index contributed by atoms with van der Waals surface area (Å²) < 4.78 is 1.12. The molecular formula is C13H16BrN3. The molecule has 90 valence electrons. The molecule has 0 unspecified atom stereocenters. The molecule has 0 atom stereocenters. The zero-order valence-electron chi connectivity index (χ0n) is 10.0. The summed E-state index contributed by atoms with van der Waals surface area (Å²) in [6.07, 6.45) is 2.75. The van der Waals surface area contributed by atoms with E-state index in [4.69, 9.17) is 0 Å². The minimum absolute atomic E-state index is 0.754. The van der Waals surface area contributed by atoms with Crippen LogP contribution in [0, 0.1) is 6.92 Å². The summed E-state index contributed by atoms with van der Waals surface area (Å²) in [5, 5.41) is 3.43. The number of aromatic nitrogens is 2. The Bertz CT molecular complexity index is 505. The molecule has 17 heavy (non-hydrogen) atoms. The summed E-state index contributed by atoms with van der Waals surface area (Å²) in [6, 6.07) is 6.31. The van der Waals surface area contributed by atoms with Crippen LogP contribution in [0.4, 0.5) is 5.69 Å². The van der Waals surface area contributed by atoms with Gasteiger partial charge in [0.25, 0.3) is 0 Å². The van der Waals surface area contributed by atoms with E-state index in [1.807, 2.05) is 6.92 Å². The monoisotopic (exact) mass is 293 g/mol. The summed E-state index contributed by atoms with van der Waals surface area (Å²) in [6.45, 7) is 4.95. The molecule has 0 radical (unpaired) electrons. The molecule has 0 saturated carbocycles. The van der Waals surface area contributed by atoms with Gasteiger partial charge in [-0.25, -0.2) is 4.98 Å². The SMILES string of the molecule is CCc1cc(Br)ccc1NCc1nc[nH]c1C. The molecule has 1 heterocycles. The molecule has 0 fully saturated rings. The Balaban J connectivity index is 2.11. The molecule has 0 bridgehead atoms. The van der Waals surface area contributed by atoms with Crippen LogP contribution in [0.2, 0.25) is 0 Å². The minimum atomic E-state index is 0.754. The van der Waals surface area contributed by atoms with E-state index in [2.05, 4.69) is 56.3 Å². The Morgan fingerprint density at radius 2 is 2.24 bits per heavy atom. The quantitative estimate of drug-likeness (QED) is 0.903. The summed E-state index contributed by atoms with van der Waals surface area (Å²) in [4.78, 5) is 7.36. The van der Waals surface area contributed by atoms with Crippen LogP contribution in [0.3, 0.4) is 0 Å². The highest BCUT2D eigenvalue weighted by atomic mass is 79.9. The van der Waals surface area contributed by atoms with E-state index in [0.29, 0.717) is 0 Å². The summed E-state index contributed by atoms with van der Waals surface area (Å²) in [5.74, 6) is 0. The van der Waals surface area contributed by atoms with Crippen molar-refractivity contribution >= 4 is 21.6 Å². The van der Waals surface area contributed by atoms with Gasteiger partial charge in [0.05, 0.1) is 18.6 Å². The second-order valence-corrected chi connectivity index (χ2v) is 4.90. The molecule has 0 spiro atoms. The number of nitrogens with one attached hydrogen (secondary N) is 2. The number of anilines is 1. The lowest BCUT2D eigenvalue weighted by Crippen LogP contribution is -2.03. The van der Waals surface area contributed by atoms with Gasteiger partial charge in [-0.2, -0.15) is 0 Å². The molecule has 3 nitrogen and oxygen atoms in total. The molecule has 2 rings (SSSR count). The number of imidazole rings is 1. The van der Waals surface area contributed by atoms with Crippen LogP contribution in [0.1, 0.15) is 23.9 Å². The third-order valence-electron chi connectivity index (χ3n) is 2.83. The fourth-order valence-corrected chi connectivity index (χ4v) is 2.18. The fraction of sp³-hybridized carbons (Fsp3) is 0.308. The predicted octanol–water partition coefficient (Wildman–Crippen LogP) is 3.66. The number of aryl methyl sites for hydroxylation is 2. The van der Waals surface area contributed by atoms with Gasteiger partial charge in [-0.05, 0) is 37.1 Å². The van der Waals surface area contributed by atoms with Crippen molar-refractivity contribution in [3.05, 3.63) is 46.0 Å². The van der Waals surface area contributed by atoms with Gasteiger partial charge in [0, 0.05) is 15.9 Å². The molecule has 0 aliphatic carbocycles. The van der Waals surface area contributed by atoms with Crippen molar-refractivity contribution in [2.24, 2.45) is 0 Å². The number of hydrogen-bond acceptors (Lipinski definition) is 2. The molecule has 2 aromatic rings. The van der Waals surface area contributed by atoms with E-state index in [1.54, 1.807) is 6.33 Å². The van der Waals surface area contributed by atoms with Gasteiger partial charge >= 0.3 is 0 Å². The Labute approximate surface area is 110 Å². The van der Waals surface area contributed by atoms with Crippen LogP contribution in [-0.2, 0) is 13.0 Å². The van der Waals surface area contributed by atoms with Crippen molar-refractivity contribution in [1.82, 2.24) is 9.97 Å². The smallest absolute Gasteiger partial charge is 0.0925 e. The van der Waals surface area contributed by atoms with E-state index in [1.165, 1.54) is 11.3 Å². The van der Waals surface area contributed by atoms with Gasteiger partial charge in [0.2, 0.25) is 0 Å². The number of benzene rings is 1. The number of hydrogen-bond donors (Lipinski definition) is 2. The van der Waals surface area contributed by atoms with Crippen LogP contribution in [-0.4, -0.2) is 9.97 Å². The second kappa shape index (κ2) is 5.36. The maximum atomic E-state index is 4.28. The molecule has 4 heteroatoms. The van der Waals surface area contributed by atoms with Gasteiger partial charge < -0.3 is 10.3 Å². The lowest BCUT2D eigenvalue weighted by Gasteiger charge is -2.10. The van der Waals surface area contributed by atoms with E-state index in [0.717, 1.165) is 28.8 Å². The number of halogens is 1. The first-order valence-electron chi connectivity index (χ1n) is 5.72. The zero-order valence-corrected chi connectivity index (χ0v) is 11.6. The summed E-state index contributed by atoms with van der Waals surface area (Å²) in [7, 11) is 0. The van der Waals surface area contributed by atoms with Crippen LogP contribution in [0.5, 0.6) is 0 Å². The van der Waals surface area contributed by atoms with Crippen LogP contribution in [0.25, 0.3) is 0 Å². The van der Waals surface area contributed by atoms with Crippen molar-refractivity contribution in [2.75, 3.05) is 5.32 Å². The van der Waals surface area contributed by atoms with Gasteiger partial charge in [-0.15, -0.1) is 0 Å². The maximum absolute atomic E-state index is 4.28. The standard InChI is InChI=1S/C13H16BrN3/c1-3-10-6-11(14)4-5-12(10)15-7-13-9(2)16-8-17-13/h4-6,8,15H,3,7H2,1-2H3,(H,16,17). The average molecular weight is 294 g/mol. The lowest BCUT2D eigenvalue weighted by atomic mass is 10.1. The van der Waals surface area contributed by atoms with E-state index in [-0.39, 0.29) is 0 Å². The highest BCUT2D eigenvalue weighted by molar-refractivity contribution is 9.10. The van der Waals surface area contributed by atoms with Crippen molar-refractivity contribution in [2.45, 2.75) is 26.8 Å². The number of H-pyrrole nitrogens is 1. The highest BCUT2D eigenvalue weighted by Crippen LogP contribution is 2.22. The predicted molar refractivity (Wildman–Crippen MR) is 74.2 cm³/mol. The van der Waals surface area contributed by atoms with Crippen molar-refractivity contribution in [1.29, 1.82) is 0 Å². The Kier molecular flexibility index (Phi) is 3.84. The summed E-state index contributed by atoms with van der Waals surface area (Å²) in [5.41, 5.74) is 4.67. The summed E-state index contributed by atoms with van der Waals surface area (Å²) >= 11 is 3.49. The van der Waals surface area contributed by atoms with Crippen molar-refractivity contribution in [3.63, 3.8) is 0 Å². The van der Waals surface area contributed by atoms with Crippen molar-refractivity contribution < 1.29 is 0 Å². The molecule has 1 aromatic carbocycles.